The molecule has 0 amide bonds. The number of nitrogens with two attached hydrogens (primary N) is 1. The average molecular weight is 208 g/mol. The minimum Gasteiger partial charge on any atom is -0.330 e. The van der Waals surface area contributed by atoms with Crippen LogP contribution in [0.4, 0.5) is 0 Å². The van der Waals surface area contributed by atoms with Gasteiger partial charge in [-0.15, -0.1) is 10.2 Å². The van der Waals surface area contributed by atoms with Crippen molar-refractivity contribution in [2.75, 3.05) is 26.2 Å². The number of H-pyrrole nitrogens is 1. The van der Waals surface area contributed by atoms with Crippen molar-refractivity contribution in [3.8, 4) is 0 Å². The summed E-state index contributed by atoms with van der Waals surface area (Å²) in [5.74, 6) is 0.715. The molecule has 0 saturated heterocycles. The number of nitrogens with zero attached hydrogens (tertiary/aromatic N) is 4. The monoisotopic (exact) mass is 208 g/mol. The van der Waals surface area contributed by atoms with Gasteiger partial charge >= 0.3 is 0 Å². The van der Waals surface area contributed by atoms with Crippen molar-refractivity contribution < 1.29 is 0 Å². The summed E-state index contributed by atoms with van der Waals surface area (Å²) >= 11 is 0. The van der Waals surface area contributed by atoms with Gasteiger partial charge in [0.25, 0.3) is 0 Å². The van der Waals surface area contributed by atoms with Gasteiger partial charge in [0, 0.05) is 18.7 Å². The summed E-state index contributed by atoms with van der Waals surface area (Å²) < 4.78 is 0. The van der Waals surface area contributed by atoms with Crippen molar-refractivity contribution >= 4 is 5.57 Å². The van der Waals surface area contributed by atoms with Gasteiger partial charge in [0.1, 0.15) is 0 Å². The van der Waals surface area contributed by atoms with Crippen LogP contribution in [0.2, 0.25) is 0 Å². The van der Waals surface area contributed by atoms with E-state index in [0.717, 1.165) is 44.6 Å². The van der Waals surface area contributed by atoms with Gasteiger partial charge in [0.2, 0.25) is 5.82 Å². The molecular weight excluding hydrogens is 192 g/mol. The first kappa shape index (κ1) is 10.3. The Morgan fingerprint density at radius 2 is 2.47 bits per heavy atom. The highest BCUT2D eigenvalue weighted by molar-refractivity contribution is 5.61. The van der Waals surface area contributed by atoms with Gasteiger partial charge in [0.15, 0.2) is 0 Å². The Kier molecular flexibility index (Phi) is 3.41. The van der Waals surface area contributed by atoms with Crippen LogP contribution >= 0.6 is 0 Å². The van der Waals surface area contributed by atoms with Gasteiger partial charge in [-0.3, -0.25) is 4.90 Å². The van der Waals surface area contributed by atoms with Crippen molar-refractivity contribution in [1.82, 2.24) is 25.5 Å². The molecule has 1 aliphatic rings. The SMILES string of the molecule is NCCCN1CCC=C(c2nn[nH]n2)C1. The predicted octanol–water partition coefficient (Wildman–Crippen LogP) is -0.362. The molecule has 0 spiro atoms. The van der Waals surface area contributed by atoms with Gasteiger partial charge in [-0.1, -0.05) is 6.08 Å². The van der Waals surface area contributed by atoms with Crippen LogP contribution in [-0.4, -0.2) is 51.7 Å². The maximum absolute atomic E-state index is 5.49. The summed E-state index contributed by atoms with van der Waals surface area (Å²) in [4.78, 5) is 2.37. The molecule has 0 aromatic carbocycles. The number of aromatic amines is 1. The Bertz CT molecular complexity index is 317. The number of hydrogen-bond donors (Lipinski definition) is 2. The second-order valence-corrected chi connectivity index (χ2v) is 3.67. The molecule has 0 unspecified atom stereocenters. The van der Waals surface area contributed by atoms with Crippen LogP contribution in [0.15, 0.2) is 6.08 Å². The lowest BCUT2D eigenvalue weighted by Crippen LogP contribution is -2.31. The van der Waals surface area contributed by atoms with Gasteiger partial charge in [-0.2, -0.15) is 5.21 Å². The molecule has 6 nitrogen and oxygen atoms in total. The van der Waals surface area contributed by atoms with Crippen LogP contribution in [-0.2, 0) is 0 Å². The first-order chi connectivity index (χ1) is 7.40. The molecule has 0 radical (unpaired) electrons. The lowest BCUT2D eigenvalue weighted by molar-refractivity contribution is 0.302. The smallest absolute Gasteiger partial charge is 0.201 e. The highest BCUT2D eigenvalue weighted by Gasteiger charge is 2.15. The third-order valence-electron chi connectivity index (χ3n) is 2.54. The largest absolute Gasteiger partial charge is 0.330 e. The topological polar surface area (TPSA) is 83.7 Å². The Balaban J connectivity index is 1.94. The minimum absolute atomic E-state index is 0.715. The van der Waals surface area contributed by atoms with Gasteiger partial charge in [-0.05, 0) is 31.1 Å². The van der Waals surface area contributed by atoms with E-state index in [9.17, 15) is 0 Å². The number of tetrazole rings is 1. The number of hydrogen-bond acceptors (Lipinski definition) is 5. The molecule has 2 rings (SSSR count). The number of aromatic nitrogens is 4. The molecule has 1 aromatic heterocycles. The molecule has 15 heavy (non-hydrogen) atoms. The van der Waals surface area contributed by atoms with E-state index >= 15 is 0 Å². The van der Waals surface area contributed by atoms with Crippen molar-refractivity contribution in [2.24, 2.45) is 5.73 Å². The summed E-state index contributed by atoms with van der Waals surface area (Å²) in [6.07, 6.45) is 4.28. The summed E-state index contributed by atoms with van der Waals surface area (Å²) in [6, 6.07) is 0. The van der Waals surface area contributed by atoms with Gasteiger partial charge in [0.05, 0.1) is 0 Å². The molecular formula is C9H16N6. The second-order valence-electron chi connectivity index (χ2n) is 3.67. The Labute approximate surface area is 88.5 Å². The Morgan fingerprint density at radius 3 is 3.20 bits per heavy atom. The normalized spacial score (nSPS) is 17.8. The number of nitrogens with one attached hydrogen (secondary N) is 1. The van der Waals surface area contributed by atoms with Crippen molar-refractivity contribution in [3.05, 3.63) is 11.9 Å². The Hall–Kier alpha value is -1.27. The zero-order valence-corrected chi connectivity index (χ0v) is 8.69. The van der Waals surface area contributed by atoms with Crippen molar-refractivity contribution in [3.63, 3.8) is 0 Å². The zero-order valence-electron chi connectivity index (χ0n) is 8.69. The molecule has 0 fully saturated rings. The highest BCUT2D eigenvalue weighted by Crippen LogP contribution is 2.16. The first-order valence-electron chi connectivity index (χ1n) is 5.25. The fourth-order valence-corrected chi connectivity index (χ4v) is 1.77. The third-order valence-corrected chi connectivity index (χ3v) is 2.54. The van der Waals surface area contributed by atoms with E-state index < -0.39 is 0 Å². The third kappa shape index (κ3) is 2.60. The van der Waals surface area contributed by atoms with Crippen LogP contribution in [0.1, 0.15) is 18.7 Å². The molecule has 1 aliphatic heterocycles. The maximum Gasteiger partial charge on any atom is 0.201 e. The zero-order chi connectivity index (χ0) is 10.5. The van der Waals surface area contributed by atoms with Crippen LogP contribution in [0.5, 0.6) is 0 Å². The molecule has 0 bridgehead atoms. The highest BCUT2D eigenvalue weighted by atomic mass is 15.5. The lowest BCUT2D eigenvalue weighted by atomic mass is 10.1. The average Bonchev–Trinajstić information content (AvgIpc) is 2.80. The van der Waals surface area contributed by atoms with Crippen LogP contribution in [0.25, 0.3) is 5.57 Å². The van der Waals surface area contributed by atoms with E-state index in [-0.39, 0.29) is 0 Å². The van der Waals surface area contributed by atoms with E-state index in [0.29, 0.717) is 5.82 Å². The van der Waals surface area contributed by atoms with E-state index in [1.165, 1.54) is 0 Å². The fourth-order valence-electron chi connectivity index (χ4n) is 1.77. The molecule has 0 atom stereocenters. The summed E-state index contributed by atoms with van der Waals surface area (Å²) in [7, 11) is 0. The van der Waals surface area contributed by atoms with Crippen LogP contribution < -0.4 is 5.73 Å². The molecule has 82 valence electrons. The quantitative estimate of drug-likeness (QED) is 0.705. The molecule has 0 saturated carbocycles. The summed E-state index contributed by atoms with van der Waals surface area (Å²) in [5.41, 5.74) is 6.65. The predicted molar refractivity (Wildman–Crippen MR) is 56.9 cm³/mol. The van der Waals surface area contributed by atoms with E-state index in [1.807, 2.05) is 0 Å². The van der Waals surface area contributed by atoms with Crippen molar-refractivity contribution in [2.45, 2.75) is 12.8 Å². The van der Waals surface area contributed by atoms with Gasteiger partial charge < -0.3 is 5.73 Å². The molecule has 2 heterocycles. The fraction of sp³-hybridized carbons (Fsp3) is 0.667. The van der Waals surface area contributed by atoms with E-state index in [1.54, 1.807) is 0 Å². The van der Waals surface area contributed by atoms with E-state index in [2.05, 4.69) is 31.6 Å². The molecule has 6 heteroatoms. The molecule has 3 N–H and O–H groups in total. The minimum atomic E-state index is 0.715. The van der Waals surface area contributed by atoms with Crippen molar-refractivity contribution in [1.29, 1.82) is 0 Å². The summed E-state index contributed by atoms with van der Waals surface area (Å²) in [5, 5.41) is 14.0. The van der Waals surface area contributed by atoms with Crippen LogP contribution in [0, 0.1) is 0 Å². The molecule has 1 aromatic rings. The standard InChI is InChI=1S/C9H16N6/c10-4-2-6-15-5-1-3-8(7-15)9-11-13-14-12-9/h3H,1-2,4-7,10H2,(H,11,12,13,14). The second kappa shape index (κ2) is 4.99. The first-order valence-corrected chi connectivity index (χ1v) is 5.25. The Morgan fingerprint density at radius 1 is 1.53 bits per heavy atom. The number of rotatable bonds is 4. The summed E-state index contributed by atoms with van der Waals surface area (Å²) in [6.45, 7) is 3.80. The maximum atomic E-state index is 5.49. The molecule has 0 aliphatic carbocycles. The lowest BCUT2D eigenvalue weighted by Gasteiger charge is -2.25. The van der Waals surface area contributed by atoms with Crippen LogP contribution in [0.3, 0.4) is 0 Å². The van der Waals surface area contributed by atoms with Gasteiger partial charge in [-0.25, -0.2) is 0 Å². The van der Waals surface area contributed by atoms with E-state index in [4.69, 9.17) is 5.73 Å².